The Morgan fingerprint density at radius 3 is 2.03 bits per heavy atom. The number of rotatable bonds is 14. The first-order valence-electron chi connectivity index (χ1n) is 13.8. The standard InChI is InChI=1S/C31H39F2NO3/c1-2-3-4-5-6-7-8-9-10-23-11-13-24(14-12-23)22-36-26-17-15-25(16-18-26)31(35)37-27-19-29(32)28(21-34)30(33)20-27/h15-20,23-24H,2-14,22H2,1H3/t23-,24-. The molecule has 0 aromatic heterocycles. The van der Waals surface area contributed by atoms with Gasteiger partial charge >= 0.3 is 5.97 Å². The van der Waals surface area contributed by atoms with Crippen molar-refractivity contribution in [2.75, 3.05) is 6.61 Å². The largest absolute Gasteiger partial charge is 0.493 e. The summed E-state index contributed by atoms with van der Waals surface area (Å²) in [6, 6.07) is 9.60. The van der Waals surface area contributed by atoms with E-state index in [0.29, 0.717) is 18.3 Å². The van der Waals surface area contributed by atoms with Crippen molar-refractivity contribution >= 4 is 5.97 Å². The fraction of sp³-hybridized carbons (Fsp3) is 0.548. The Balaban J connectivity index is 1.33. The van der Waals surface area contributed by atoms with Gasteiger partial charge in [-0.1, -0.05) is 77.6 Å². The highest BCUT2D eigenvalue weighted by molar-refractivity contribution is 5.91. The number of esters is 1. The number of carbonyl (C=O) groups is 1. The van der Waals surface area contributed by atoms with Crippen LogP contribution in [0.3, 0.4) is 0 Å². The van der Waals surface area contributed by atoms with Crippen molar-refractivity contribution in [3.05, 3.63) is 59.2 Å². The van der Waals surface area contributed by atoms with Crippen molar-refractivity contribution < 1.29 is 23.0 Å². The topological polar surface area (TPSA) is 59.3 Å². The van der Waals surface area contributed by atoms with Crippen LogP contribution in [0.1, 0.15) is 106 Å². The maximum Gasteiger partial charge on any atom is 0.343 e. The molecule has 2 aromatic carbocycles. The van der Waals surface area contributed by atoms with Crippen LogP contribution >= 0.6 is 0 Å². The number of nitriles is 1. The molecule has 0 heterocycles. The monoisotopic (exact) mass is 511 g/mol. The highest BCUT2D eigenvalue weighted by Crippen LogP contribution is 2.32. The summed E-state index contributed by atoms with van der Waals surface area (Å²) >= 11 is 0. The molecule has 0 spiro atoms. The Hall–Kier alpha value is -2.94. The molecule has 0 saturated heterocycles. The molecule has 0 N–H and O–H groups in total. The molecule has 200 valence electrons. The minimum Gasteiger partial charge on any atom is -0.493 e. The molecule has 0 amide bonds. The first-order valence-corrected chi connectivity index (χ1v) is 13.8. The van der Waals surface area contributed by atoms with Gasteiger partial charge in [-0.05, 0) is 48.9 Å². The zero-order valence-electron chi connectivity index (χ0n) is 21.9. The Bertz CT molecular complexity index is 1000. The third-order valence-electron chi connectivity index (χ3n) is 7.35. The van der Waals surface area contributed by atoms with Crippen LogP contribution in [-0.2, 0) is 0 Å². The van der Waals surface area contributed by atoms with E-state index in [1.807, 2.05) is 0 Å². The van der Waals surface area contributed by atoms with E-state index in [4.69, 9.17) is 14.7 Å². The molecular formula is C31H39F2NO3. The Labute approximate surface area is 220 Å². The lowest BCUT2D eigenvalue weighted by Crippen LogP contribution is -2.20. The summed E-state index contributed by atoms with van der Waals surface area (Å²) in [7, 11) is 0. The molecule has 4 nitrogen and oxygen atoms in total. The zero-order chi connectivity index (χ0) is 26.5. The van der Waals surface area contributed by atoms with Crippen LogP contribution in [0.2, 0.25) is 0 Å². The number of benzene rings is 2. The third kappa shape index (κ3) is 9.46. The molecule has 1 fully saturated rings. The Morgan fingerprint density at radius 2 is 1.43 bits per heavy atom. The summed E-state index contributed by atoms with van der Waals surface area (Å²) in [5, 5.41) is 8.74. The SMILES string of the molecule is CCCCCCCCCC[C@H]1CC[C@H](COc2ccc(C(=O)Oc3cc(F)c(C#N)c(F)c3)cc2)CC1. The Kier molecular flexibility index (Phi) is 11.9. The van der Waals surface area contributed by atoms with E-state index < -0.39 is 23.2 Å². The van der Waals surface area contributed by atoms with Gasteiger partial charge in [0.1, 0.15) is 34.8 Å². The van der Waals surface area contributed by atoms with E-state index in [1.165, 1.54) is 89.5 Å². The molecule has 3 rings (SSSR count). The molecule has 0 bridgehead atoms. The van der Waals surface area contributed by atoms with Gasteiger partial charge in [0.05, 0.1) is 12.2 Å². The molecule has 1 aliphatic rings. The summed E-state index contributed by atoms with van der Waals surface area (Å²) in [5.74, 6) is -1.09. The van der Waals surface area contributed by atoms with E-state index >= 15 is 0 Å². The first-order chi connectivity index (χ1) is 18.0. The van der Waals surface area contributed by atoms with Gasteiger partial charge in [0.2, 0.25) is 0 Å². The summed E-state index contributed by atoms with van der Waals surface area (Å²) in [5.41, 5.74) is -0.475. The van der Waals surface area contributed by atoms with E-state index in [1.54, 1.807) is 24.3 Å². The fourth-order valence-corrected chi connectivity index (χ4v) is 5.04. The first kappa shape index (κ1) is 28.6. The van der Waals surface area contributed by atoms with Crippen molar-refractivity contribution in [1.82, 2.24) is 0 Å². The predicted octanol–water partition coefficient (Wildman–Crippen LogP) is 8.77. The average molecular weight is 512 g/mol. The quantitative estimate of drug-likeness (QED) is 0.144. The van der Waals surface area contributed by atoms with Crippen LogP contribution in [0.5, 0.6) is 11.5 Å². The van der Waals surface area contributed by atoms with E-state index in [2.05, 4.69) is 6.92 Å². The smallest absolute Gasteiger partial charge is 0.343 e. The van der Waals surface area contributed by atoms with Gasteiger partial charge in [-0.2, -0.15) is 5.26 Å². The van der Waals surface area contributed by atoms with Gasteiger partial charge in [0.15, 0.2) is 0 Å². The van der Waals surface area contributed by atoms with Crippen LogP contribution in [0.15, 0.2) is 36.4 Å². The molecule has 1 aliphatic carbocycles. The van der Waals surface area contributed by atoms with E-state index in [9.17, 15) is 13.6 Å². The normalized spacial score (nSPS) is 17.2. The molecule has 2 aromatic rings. The van der Waals surface area contributed by atoms with Gasteiger partial charge < -0.3 is 9.47 Å². The van der Waals surface area contributed by atoms with Crippen LogP contribution in [0.4, 0.5) is 8.78 Å². The number of nitrogens with zero attached hydrogens (tertiary/aromatic N) is 1. The predicted molar refractivity (Wildman–Crippen MR) is 141 cm³/mol. The molecular weight excluding hydrogens is 472 g/mol. The lowest BCUT2D eigenvalue weighted by atomic mass is 9.80. The number of hydrogen-bond donors (Lipinski definition) is 0. The number of carbonyl (C=O) groups excluding carboxylic acids is 1. The molecule has 37 heavy (non-hydrogen) atoms. The van der Waals surface area contributed by atoms with E-state index in [-0.39, 0.29) is 11.3 Å². The van der Waals surface area contributed by atoms with Gasteiger partial charge in [0, 0.05) is 12.1 Å². The lowest BCUT2D eigenvalue weighted by molar-refractivity contribution is 0.0734. The fourth-order valence-electron chi connectivity index (χ4n) is 5.04. The second-order valence-corrected chi connectivity index (χ2v) is 10.2. The van der Waals surface area contributed by atoms with Gasteiger partial charge in [0.25, 0.3) is 0 Å². The summed E-state index contributed by atoms with van der Waals surface area (Å²) in [6.07, 6.45) is 17.3. The summed E-state index contributed by atoms with van der Waals surface area (Å²) in [6.45, 7) is 2.93. The Morgan fingerprint density at radius 1 is 0.865 bits per heavy atom. The third-order valence-corrected chi connectivity index (χ3v) is 7.35. The highest BCUT2D eigenvalue weighted by atomic mass is 19.1. The number of ether oxygens (including phenoxy) is 2. The van der Waals surface area contributed by atoms with Crippen LogP contribution in [0, 0.1) is 34.8 Å². The van der Waals surface area contributed by atoms with Gasteiger partial charge in [-0.15, -0.1) is 0 Å². The van der Waals surface area contributed by atoms with Gasteiger partial charge in [-0.25, -0.2) is 13.6 Å². The number of halogens is 2. The van der Waals surface area contributed by atoms with Crippen molar-refractivity contribution in [1.29, 1.82) is 5.26 Å². The number of unbranched alkanes of at least 4 members (excludes halogenated alkanes) is 7. The molecule has 0 radical (unpaired) electrons. The van der Waals surface area contributed by atoms with Crippen LogP contribution < -0.4 is 9.47 Å². The highest BCUT2D eigenvalue weighted by Gasteiger charge is 2.21. The molecule has 0 atom stereocenters. The molecule has 1 saturated carbocycles. The molecule has 0 unspecified atom stereocenters. The van der Waals surface area contributed by atoms with Crippen LogP contribution in [0.25, 0.3) is 0 Å². The van der Waals surface area contributed by atoms with Crippen molar-refractivity contribution in [3.63, 3.8) is 0 Å². The van der Waals surface area contributed by atoms with Crippen molar-refractivity contribution in [3.8, 4) is 17.6 Å². The summed E-state index contributed by atoms with van der Waals surface area (Å²) in [4.78, 5) is 12.3. The average Bonchev–Trinajstić information content (AvgIpc) is 2.90. The zero-order valence-corrected chi connectivity index (χ0v) is 21.9. The number of hydrogen-bond acceptors (Lipinski definition) is 4. The van der Waals surface area contributed by atoms with Gasteiger partial charge in [-0.3, -0.25) is 0 Å². The van der Waals surface area contributed by atoms with E-state index in [0.717, 1.165) is 18.1 Å². The minimum absolute atomic E-state index is 0.235. The maximum atomic E-state index is 13.7. The maximum absolute atomic E-state index is 13.7. The molecule has 6 heteroatoms. The second kappa shape index (κ2) is 15.3. The lowest BCUT2D eigenvalue weighted by Gasteiger charge is -2.28. The minimum atomic E-state index is -1.07. The second-order valence-electron chi connectivity index (χ2n) is 10.2. The van der Waals surface area contributed by atoms with Crippen molar-refractivity contribution in [2.24, 2.45) is 11.8 Å². The molecule has 0 aliphatic heterocycles. The van der Waals surface area contributed by atoms with Crippen LogP contribution in [-0.4, -0.2) is 12.6 Å². The summed E-state index contributed by atoms with van der Waals surface area (Å²) < 4.78 is 38.5. The van der Waals surface area contributed by atoms with Crippen molar-refractivity contribution in [2.45, 2.75) is 90.4 Å².